The summed E-state index contributed by atoms with van der Waals surface area (Å²) >= 11 is 0. The minimum Gasteiger partial charge on any atom is -0.491 e. The van der Waals surface area contributed by atoms with E-state index in [1.807, 2.05) is 31.2 Å². The third-order valence-corrected chi connectivity index (χ3v) is 2.27. The largest absolute Gasteiger partial charge is 0.491 e. The molecule has 0 atom stereocenters. The Kier molecular flexibility index (Phi) is 9.45. The van der Waals surface area contributed by atoms with Gasteiger partial charge < -0.3 is 15.8 Å². The van der Waals surface area contributed by atoms with Gasteiger partial charge in [0, 0.05) is 6.54 Å². The molecule has 0 spiro atoms. The number of hydrogen-bond acceptors (Lipinski definition) is 2. The van der Waals surface area contributed by atoms with Crippen LogP contribution in [0.25, 0.3) is 0 Å². The number of hydrogen-bond donors (Lipinski definition) is 2. The van der Waals surface area contributed by atoms with E-state index in [4.69, 9.17) is 10.5 Å². The number of para-hydroxylation sites is 1. The number of guanidine groups is 1. The number of halogens is 1. The molecule has 0 unspecified atom stereocenters. The lowest BCUT2D eigenvalue weighted by Gasteiger charge is -2.09. The Morgan fingerprint density at radius 2 is 2.11 bits per heavy atom. The molecule has 0 aliphatic rings. The Morgan fingerprint density at radius 1 is 1.39 bits per heavy atom. The molecule has 1 aromatic carbocycles. The van der Waals surface area contributed by atoms with E-state index in [9.17, 15) is 0 Å². The molecule has 0 amide bonds. The normalized spacial score (nSPS) is 10.7. The van der Waals surface area contributed by atoms with Crippen LogP contribution in [-0.4, -0.2) is 25.7 Å². The van der Waals surface area contributed by atoms with E-state index in [1.165, 1.54) is 0 Å². The van der Waals surface area contributed by atoms with E-state index in [0.717, 1.165) is 24.3 Å². The third-order valence-electron chi connectivity index (χ3n) is 2.27. The van der Waals surface area contributed by atoms with Gasteiger partial charge in [-0.2, -0.15) is 0 Å². The van der Waals surface area contributed by atoms with Crippen molar-refractivity contribution in [2.24, 2.45) is 10.7 Å². The summed E-state index contributed by atoms with van der Waals surface area (Å²) in [6.45, 7) is 6.09. The second-order valence-electron chi connectivity index (χ2n) is 3.81. The van der Waals surface area contributed by atoms with Gasteiger partial charge in [0.25, 0.3) is 0 Å². The first-order valence-electron chi connectivity index (χ1n) is 5.96. The highest BCUT2D eigenvalue weighted by atomic mass is 127. The van der Waals surface area contributed by atoms with Gasteiger partial charge in [0.05, 0.1) is 6.54 Å². The fourth-order valence-corrected chi connectivity index (χ4v) is 1.35. The molecule has 0 fully saturated rings. The van der Waals surface area contributed by atoms with Crippen LogP contribution in [0.5, 0.6) is 5.75 Å². The van der Waals surface area contributed by atoms with Gasteiger partial charge in [-0.25, -0.2) is 0 Å². The Morgan fingerprint density at radius 3 is 2.78 bits per heavy atom. The van der Waals surface area contributed by atoms with E-state index < -0.39 is 0 Å². The van der Waals surface area contributed by atoms with Gasteiger partial charge in [-0.05, 0) is 25.0 Å². The number of benzene rings is 1. The van der Waals surface area contributed by atoms with Crippen molar-refractivity contribution in [1.29, 1.82) is 0 Å². The predicted octanol–water partition coefficient (Wildman–Crippen LogP) is 2.31. The van der Waals surface area contributed by atoms with Crippen molar-refractivity contribution < 1.29 is 4.74 Å². The van der Waals surface area contributed by atoms with E-state index in [2.05, 4.69) is 17.2 Å². The number of nitrogens with zero attached hydrogens (tertiary/aromatic N) is 1. The smallest absolute Gasteiger partial charge is 0.188 e. The van der Waals surface area contributed by atoms with Crippen LogP contribution in [0, 0.1) is 6.92 Å². The minimum atomic E-state index is 0. The summed E-state index contributed by atoms with van der Waals surface area (Å²) < 4.78 is 5.62. The van der Waals surface area contributed by atoms with Gasteiger partial charge in [-0.15, -0.1) is 24.0 Å². The van der Waals surface area contributed by atoms with Crippen LogP contribution in [0.3, 0.4) is 0 Å². The molecular weight excluding hydrogens is 341 g/mol. The minimum absolute atomic E-state index is 0. The Balaban J connectivity index is 0.00000289. The molecule has 0 heterocycles. The molecule has 0 aliphatic heterocycles. The van der Waals surface area contributed by atoms with Gasteiger partial charge in [-0.3, -0.25) is 4.99 Å². The molecule has 0 saturated carbocycles. The number of nitrogens with two attached hydrogens (primary N) is 1. The zero-order valence-corrected chi connectivity index (χ0v) is 13.3. The number of rotatable bonds is 6. The first-order valence-corrected chi connectivity index (χ1v) is 5.96. The molecule has 0 aromatic heterocycles. The van der Waals surface area contributed by atoms with Crippen molar-refractivity contribution in [3.63, 3.8) is 0 Å². The summed E-state index contributed by atoms with van der Waals surface area (Å²) in [6, 6.07) is 7.95. The molecule has 0 bridgehead atoms. The van der Waals surface area contributed by atoms with Crippen molar-refractivity contribution in [3.8, 4) is 5.75 Å². The van der Waals surface area contributed by atoms with Crippen LogP contribution < -0.4 is 15.8 Å². The SMILES string of the molecule is CCCN=C(N)NCCOc1ccccc1C.I. The maximum atomic E-state index is 5.65. The quantitative estimate of drug-likeness (QED) is 0.353. The third kappa shape index (κ3) is 6.68. The van der Waals surface area contributed by atoms with Gasteiger partial charge in [-0.1, -0.05) is 25.1 Å². The molecule has 5 heteroatoms. The number of aliphatic imine (C=N–C) groups is 1. The fraction of sp³-hybridized carbons (Fsp3) is 0.462. The maximum absolute atomic E-state index is 5.65. The highest BCUT2D eigenvalue weighted by Crippen LogP contribution is 2.15. The van der Waals surface area contributed by atoms with Gasteiger partial charge >= 0.3 is 0 Å². The summed E-state index contributed by atoms with van der Waals surface area (Å²) in [5, 5.41) is 3.01. The lowest BCUT2D eigenvalue weighted by Crippen LogP contribution is -2.34. The van der Waals surface area contributed by atoms with Crippen molar-refractivity contribution in [3.05, 3.63) is 29.8 Å². The van der Waals surface area contributed by atoms with Crippen LogP contribution in [-0.2, 0) is 0 Å². The summed E-state index contributed by atoms with van der Waals surface area (Å²) in [4.78, 5) is 4.13. The summed E-state index contributed by atoms with van der Waals surface area (Å²) in [5.74, 6) is 1.40. The van der Waals surface area contributed by atoms with E-state index in [0.29, 0.717) is 19.1 Å². The fourth-order valence-electron chi connectivity index (χ4n) is 1.35. The van der Waals surface area contributed by atoms with Gasteiger partial charge in [0.15, 0.2) is 5.96 Å². The average Bonchev–Trinajstić information content (AvgIpc) is 2.34. The zero-order chi connectivity index (χ0) is 12.5. The zero-order valence-electron chi connectivity index (χ0n) is 11.0. The Bertz CT molecular complexity index is 369. The molecule has 0 saturated heterocycles. The molecule has 4 nitrogen and oxygen atoms in total. The van der Waals surface area contributed by atoms with Crippen molar-refractivity contribution in [2.75, 3.05) is 19.7 Å². The number of nitrogens with one attached hydrogen (secondary N) is 1. The van der Waals surface area contributed by atoms with Crippen molar-refractivity contribution >= 4 is 29.9 Å². The molecular formula is C13H22IN3O. The molecule has 0 aliphatic carbocycles. The highest BCUT2D eigenvalue weighted by Gasteiger charge is 1.97. The monoisotopic (exact) mass is 363 g/mol. The Hall–Kier alpha value is -0.980. The van der Waals surface area contributed by atoms with Crippen molar-refractivity contribution in [2.45, 2.75) is 20.3 Å². The standard InChI is InChI=1S/C13H21N3O.HI/c1-3-8-15-13(14)16-9-10-17-12-7-5-4-6-11(12)2;/h4-7H,3,8-10H2,1-2H3,(H3,14,15,16);1H. The van der Waals surface area contributed by atoms with Crippen LogP contribution >= 0.6 is 24.0 Å². The average molecular weight is 363 g/mol. The maximum Gasteiger partial charge on any atom is 0.188 e. The lowest BCUT2D eigenvalue weighted by atomic mass is 10.2. The van der Waals surface area contributed by atoms with Crippen LogP contribution in [0.2, 0.25) is 0 Å². The first-order chi connectivity index (χ1) is 8.24. The molecule has 1 rings (SSSR count). The van der Waals surface area contributed by atoms with E-state index >= 15 is 0 Å². The van der Waals surface area contributed by atoms with Crippen molar-refractivity contribution in [1.82, 2.24) is 5.32 Å². The van der Waals surface area contributed by atoms with Crippen LogP contribution in [0.15, 0.2) is 29.3 Å². The number of aryl methyl sites for hydroxylation is 1. The second kappa shape index (κ2) is 9.99. The summed E-state index contributed by atoms with van der Waals surface area (Å²) in [5.41, 5.74) is 6.79. The summed E-state index contributed by atoms with van der Waals surface area (Å²) in [7, 11) is 0. The van der Waals surface area contributed by atoms with Gasteiger partial charge in [0.2, 0.25) is 0 Å². The Labute approximate surface area is 126 Å². The van der Waals surface area contributed by atoms with E-state index in [-0.39, 0.29) is 24.0 Å². The molecule has 1 aromatic rings. The van der Waals surface area contributed by atoms with E-state index in [1.54, 1.807) is 0 Å². The molecule has 18 heavy (non-hydrogen) atoms. The molecule has 0 radical (unpaired) electrons. The summed E-state index contributed by atoms with van der Waals surface area (Å²) in [6.07, 6.45) is 1.00. The van der Waals surface area contributed by atoms with Crippen LogP contribution in [0.4, 0.5) is 0 Å². The first kappa shape index (κ1) is 17.0. The topological polar surface area (TPSA) is 59.6 Å². The second-order valence-corrected chi connectivity index (χ2v) is 3.81. The molecule has 3 N–H and O–H groups in total. The predicted molar refractivity (Wildman–Crippen MR) is 86.9 cm³/mol. The molecule has 102 valence electrons. The highest BCUT2D eigenvalue weighted by molar-refractivity contribution is 14.0. The van der Waals surface area contributed by atoms with Gasteiger partial charge in [0.1, 0.15) is 12.4 Å². The lowest BCUT2D eigenvalue weighted by molar-refractivity contribution is 0.320. The number of ether oxygens (including phenoxy) is 1. The van der Waals surface area contributed by atoms with Crippen LogP contribution in [0.1, 0.15) is 18.9 Å².